The van der Waals surface area contributed by atoms with Gasteiger partial charge in [-0.05, 0) is 6.92 Å². The summed E-state index contributed by atoms with van der Waals surface area (Å²) in [7, 11) is -3.01. The molecule has 0 spiro atoms. The fourth-order valence-electron chi connectivity index (χ4n) is 2.33. The van der Waals surface area contributed by atoms with Crippen LogP contribution in [0.1, 0.15) is 6.92 Å². The van der Waals surface area contributed by atoms with E-state index in [9.17, 15) is 18.0 Å². The molecule has 2 heterocycles. The molecule has 0 bridgehead atoms. The number of hydrogen-bond donors (Lipinski definition) is 1. The van der Waals surface area contributed by atoms with Crippen LogP contribution >= 0.6 is 0 Å². The van der Waals surface area contributed by atoms with E-state index >= 15 is 0 Å². The summed E-state index contributed by atoms with van der Waals surface area (Å²) in [4.78, 5) is 25.6. The van der Waals surface area contributed by atoms with Crippen LogP contribution in [0, 0.1) is 0 Å². The Morgan fingerprint density at radius 1 is 1.20 bits per heavy atom. The Balaban J connectivity index is 1.81. The van der Waals surface area contributed by atoms with Crippen LogP contribution in [0.4, 0.5) is 4.79 Å². The molecule has 0 aliphatic carbocycles. The summed E-state index contributed by atoms with van der Waals surface area (Å²) in [6.07, 6.45) is 0. The predicted molar refractivity (Wildman–Crippen MR) is 69.2 cm³/mol. The van der Waals surface area contributed by atoms with Crippen molar-refractivity contribution in [2.24, 2.45) is 0 Å². The van der Waals surface area contributed by atoms with E-state index in [0.29, 0.717) is 13.1 Å². The number of hydrogen-bond acceptors (Lipinski definition) is 5. The fourth-order valence-corrected chi connectivity index (χ4v) is 3.53. The number of amides is 2. The first-order valence-corrected chi connectivity index (χ1v) is 8.13. The molecule has 0 atom stereocenters. The van der Waals surface area contributed by atoms with Gasteiger partial charge >= 0.3 is 12.0 Å². The van der Waals surface area contributed by atoms with Gasteiger partial charge in [-0.1, -0.05) is 0 Å². The van der Waals surface area contributed by atoms with E-state index in [1.54, 1.807) is 11.8 Å². The van der Waals surface area contributed by atoms with E-state index in [4.69, 9.17) is 9.84 Å². The molecule has 0 aromatic rings. The van der Waals surface area contributed by atoms with Crippen molar-refractivity contribution in [3.05, 3.63) is 0 Å². The molecule has 2 fully saturated rings. The third-order valence-electron chi connectivity index (χ3n) is 3.48. The van der Waals surface area contributed by atoms with Gasteiger partial charge in [-0.25, -0.2) is 18.0 Å². The van der Waals surface area contributed by atoms with Crippen molar-refractivity contribution in [1.82, 2.24) is 9.80 Å². The van der Waals surface area contributed by atoms with Gasteiger partial charge in [-0.2, -0.15) is 0 Å². The number of carbonyl (C=O) groups excluding carboxylic acids is 1. The highest BCUT2D eigenvalue weighted by Crippen LogP contribution is 2.26. The highest BCUT2D eigenvalue weighted by molar-refractivity contribution is 7.91. The predicted octanol–water partition coefficient (Wildman–Crippen LogP) is -0.988. The molecule has 2 amide bonds. The smallest absolute Gasteiger partial charge is 0.329 e. The number of ether oxygens (including phenoxy) is 1. The lowest BCUT2D eigenvalue weighted by atomic mass is 9.97. The Kier molecular flexibility index (Phi) is 3.92. The average Bonchev–Trinajstić information content (AvgIpc) is 2.32. The monoisotopic (exact) mass is 306 g/mol. The van der Waals surface area contributed by atoms with Gasteiger partial charge in [0.2, 0.25) is 0 Å². The zero-order valence-electron chi connectivity index (χ0n) is 11.2. The topological polar surface area (TPSA) is 104 Å². The molecule has 0 saturated carbocycles. The van der Waals surface area contributed by atoms with Gasteiger partial charge in [0.05, 0.1) is 24.6 Å². The summed E-state index contributed by atoms with van der Waals surface area (Å²) in [5.41, 5.74) is -0.629. The summed E-state index contributed by atoms with van der Waals surface area (Å²) in [6, 6.07) is -0.212. The van der Waals surface area contributed by atoms with E-state index < -0.39 is 21.4 Å². The number of nitrogens with zero attached hydrogens (tertiary/aromatic N) is 2. The van der Waals surface area contributed by atoms with Gasteiger partial charge in [0.1, 0.15) is 12.2 Å². The molecule has 8 nitrogen and oxygen atoms in total. The average molecular weight is 306 g/mol. The lowest BCUT2D eigenvalue weighted by Crippen LogP contribution is -2.66. The summed E-state index contributed by atoms with van der Waals surface area (Å²) in [5.74, 6) is -1.05. The number of carboxylic acid groups (broad SMARTS) is 1. The van der Waals surface area contributed by atoms with Crippen LogP contribution in [0.3, 0.4) is 0 Å². The number of aliphatic carboxylic acids is 1. The number of carboxylic acids is 1. The Labute approximate surface area is 117 Å². The molecule has 2 aliphatic heterocycles. The Morgan fingerprint density at radius 3 is 2.25 bits per heavy atom. The summed E-state index contributed by atoms with van der Waals surface area (Å²) < 4.78 is 27.8. The number of rotatable bonds is 3. The van der Waals surface area contributed by atoms with Crippen molar-refractivity contribution in [1.29, 1.82) is 0 Å². The van der Waals surface area contributed by atoms with E-state index in [0.717, 1.165) is 0 Å². The Morgan fingerprint density at radius 2 is 1.75 bits per heavy atom. The number of sulfone groups is 1. The molecular formula is C11H18N2O6S. The second kappa shape index (κ2) is 5.21. The highest BCUT2D eigenvalue weighted by Gasteiger charge is 2.44. The van der Waals surface area contributed by atoms with Gasteiger partial charge < -0.3 is 19.6 Å². The van der Waals surface area contributed by atoms with Gasteiger partial charge in [0.25, 0.3) is 0 Å². The molecule has 2 aliphatic rings. The van der Waals surface area contributed by atoms with Gasteiger partial charge in [0.15, 0.2) is 9.84 Å². The van der Waals surface area contributed by atoms with Gasteiger partial charge in [-0.15, -0.1) is 0 Å². The Hall–Kier alpha value is -1.35. The molecule has 0 radical (unpaired) electrons. The maximum Gasteiger partial charge on any atom is 0.329 e. The molecule has 114 valence electrons. The zero-order chi connectivity index (χ0) is 15.0. The van der Waals surface area contributed by atoms with Crippen LogP contribution in [-0.2, 0) is 19.4 Å². The molecular weight excluding hydrogens is 288 g/mol. The zero-order valence-corrected chi connectivity index (χ0v) is 12.1. The van der Waals surface area contributed by atoms with Gasteiger partial charge in [-0.3, -0.25) is 0 Å². The quantitative estimate of drug-likeness (QED) is 0.718. The first kappa shape index (κ1) is 15.0. The van der Waals surface area contributed by atoms with E-state index in [2.05, 4.69) is 0 Å². The summed E-state index contributed by atoms with van der Waals surface area (Å²) >= 11 is 0. The first-order chi connectivity index (χ1) is 9.21. The number of urea groups is 1. The lowest BCUT2D eigenvalue weighted by Gasteiger charge is -2.48. The summed E-state index contributed by atoms with van der Waals surface area (Å²) in [6.45, 7) is 2.43. The molecule has 2 saturated heterocycles. The highest BCUT2D eigenvalue weighted by atomic mass is 32.2. The van der Waals surface area contributed by atoms with Crippen molar-refractivity contribution < 1.29 is 27.9 Å². The molecule has 0 unspecified atom stereocenters. The van der Waals surface area contributed by atoms with Crippen LogP contribution in [0.2, 0.25) is 0 Å². The molecule has 9 heteroatoms. The number of carbonyl (C=O) groups is 2. The van der Waals surface area contributed by atoms with E-state index in [-0.39, 0.29) is 37.2 Å². The molecule has 0 aromatic carbocycles. The van der Waals surface area contributed by atoms with Crippen molar-refractivity contribution in [3.63, 3.8) is 0 Å². The molecule has 20 heavy (non-hydrogen) atoms. The minimum absolute atomic E-state index is 0.000633. The maximum absolute atomic E-state index is 12.1. The van der Waals surface area contributed by atoms with E-state index in [1.165, 1.54) is 4.90 Å². The maximum atomic E-state index is 12.1. The number of likely N-dealkylation sites (tertiary alicyclic amines) is 1. The summed E-state index contributed by atoms with van der Waals surface area (Å²) in [5, 5.41) is 8.55. The second-order valence-corrected chi connectivity index (χ2v) is 7.71. The minimum atomic E-state index is -3.01. The third-order valence-corrected chi connectivity index (χ3v) is 5.09. The largest absolute Gasteiger partial charge is 0.480 e. The fraction of sp³-hybridized carbons (Fsp3) is 0.818. The Bertz CT molecular complexity index is 497. The van der Waals surface area contributed by atoms with Crippen molar-refractivity contribution >= 4 is 21.8 Å². The molecule has 1 N–H and O–H groups in total. The first-order valence-electron chi connectivity index (χ1n) is 6.31. The normalized spacial score (nSPS) is 24.1. The van der Waals surface area contributed by atoms with Crippen LogP contribution < -0.4 is 0 Å². The van der Waals surface area contributed by atoms with Gasteiger partial charge in [0, 0.05) is 13.1 Å². The van der Waals surface area contributed by atoms with E-state index in [1.807, 2.05) is 0 Å². The standard InChI is InChI=1S/C11H18N2O6S/c1-11(19-6-9(14)15)7-13(8-11)10(16)12-2-4-20(17,18)5-3-12/h2-8H2,1H3,(H,14,15). The lowest BCUT2D eigenvalue weighted by molar-refractivity contribution is -0.160. The molecule has 0 aromatic heterocycles. The molecule has 2 rings (SSSR count). The third kappa shape index (κ3) is 3.40. The van der Waals surface area contributed by atoms with Crippen LogP contribution in [0.5, 0.6) is 0 Å². The SMILES string of the molecule is CC1(OCC(=O)O)CN(C(=O)N2CCS(=O)(=O)CC2)C1. The van der Waals surface area contributed by atoms with Crippen molar-refractivity contribution in [2.45, 2.75) is 12.5 Å². The minimum Gasteiger partial charge on any atom is -0.480 e. The van der Waals surface area contributed by atoms with Crippen LogP contribution in [0.15, 0.2) is 0 Å². The van der Waals surface area contributed by atoms with Crippen molar-refractivity contribution in [2.75, 3.05) is 44.3 Å². The van der Waals surface area contributed by atoms with Crippen LogP contribution in [-0.4, -0.2) is 85.2 Å². The second-order valence-electron chi connectivity index (χ2n) is 5.41. The van der Waals surface area contributed by atoms with Crippen molar-refractivity contribution in [3.8, 4) is 0 Å². The van der Waals surface area contributed by atoms with Crippen LogP contribution in [0.25, 0.3) is 0 Å².